The number of nitrogens with zero attached hydrogens (tertiary/aromatic N) is 2. The molecular weight excluding hydrogens is 288 g/mol. The van der Waals surface area contributed by atoms with Gasteiger partial charge in [0, 0.05) is 25.2 Å². The van der Waals surface area contributed by atoms with Gasteiger partial charge < -0.3 is 9.64 Å². The van der Waals surface area contributed by atoms with Gasteiger partial charge in [-0.15, -0.1) is 0 Å². The number of benzene rings is 1. The maximum absolute atomic E-state index is 11.9. The first kappa shape index (κ1) is 15.9. The smallest absolute Gasteiger partial charge is 0.315 e. The quantitative estimate of drug-likeness (QED) is 0.366. The third kappa shape index (κ3) is 3.81. The Morgan fingerprint density at radius 2 is 1.86 bits per heavy atom. The lowest BCUT2D eigenvalue weighted by Gasteiger charge is -2.32. The lowest BCUT2D eigenvalue weighted by atomic mass is 9.89. The fraction of sp³-hybridized carbons (Fsp3) is 0.467. The van der Waals surface area contributed by atoms with Crippen LogP contribution in [0.4, 0.5) is 5.69 Å². The number of carbonyl (C=O) groups excluding carboxylic acids is 2. The number of hydrogen-bond donors (Lipinski definition) is 0. The van der Waals surface area contributed by atoms with Crippen molar-refractivity contribution in [3.63, 3.8) is 0 Å². The molecular formula is C15H18N2O5. The molecule has 0 radical (unpaired) electrons. The molecule has 7 heteroatoms. The zero-order chi connectivity index (χ0) is 16.1. The van der Waals surface area contributed by atoms with E-state index in [1.54, 1.807) is 17.0 Å². The summed E-state index contributed by atoms with van der Waals surface area (Å²) in [5.74, 6) is -0.459. The topological polar surface area (TPSA) is 89.8 Å². The monoisotopic (exact) mass is 306 g/mol. The van der Waals surface area contributed by atoms with Gasteiger partial charge in [0.1, 0.15) is 6.42 Å². The normalized spacial score (nSPS) is 15.4. The molecule has 22 heavy (non-hydrogen) atoms. The van der Waals surface area contributed by atoms with Crippen molar-refractivity contribution in [3.05, 3.63) is 39.9 Å². The van der Waals surface area contributed by atoms with E-state index in [2.05, 4.69) is 4.74 Å². The van der Waals surface area contributed by atoms with Crippen LogP contribution < -0.4 is 0 Å². The van der Waals surface area contributed by atoms with Gasteiger partial charge in [-0.3, -0.25) is 19.7 Å². The Morgan fingerprint density at radius 3 is 2.36 bits per heavy atom. The van der Waals surface area contributed by atoms with Crippen LogP contribution in [-0.4, -0.2) is 41.9 Å². The molecule has 2 rings (SSSR count). The van der Waals surface area contributed by atoms with E-state index in [9.17, 15) is 19.7 Å². The molecule has 1 aromatic rings. The van der Waals surface area contributed by atoms with Gasteiger partial charge in [0.2, 0.25) is 5.91 Å². The van der Waals surface area contributed by atoms with Gasteiger partial charge in [-0.2, -0.15) is 0 Å². The van der Waals surface area contributed by atoms with Gasteiger partial charge in [-0.1, -0.05) is 12.1 Å². The molecule has 1 aliphatic heterocycles. The molecule has 0 N–H and O–H groups in total. The Bertz CT molecular complexity index is 562. The molecule has 1 saturated heterocycles. The van der Waals surface area contributed by atoms with Crippen LogP contribution in [-0.2, 0) is 14.3 Å². The summed E-state index contributed by atoms with van der Waals surface area (Å²) in [4.78, 5) is 34.9. The van der Waals surface area contributed by atoms with Crippen LogP contribution >= 0.6 is 0 Å². The van der Waals surface area contributed by atoms with Crippen LogP contribution in [0, 0.1) is 10.1 Å². The molecule has 0 saturated carbocycles. The number of non-ortho nitro benzene ring substituents is 1. The summed E-state index contributed by atoms with van der Waals surface area (Å²) in [6.45, 7) is 1.16. The number of amides is 1. The maximum Gasteiger partial charge on any atom is 0.315 e. The number of methoxy groups -OCH3 is 1. The highest BCUT2D eigenvalue weighted by atomic mass is 16.6. The minimum atomic E-state index is -0.525. The van der Waals surface area contributed by atoms with Crippen LogP contribution in [0.25, 0.3) is 0 Å². The van der Waals surface area contributed by atoms with Crippen LogP contribution in [0.2, 0.25) is 0 Å². The fourth-order valence-corrected chi connectivity index (χ4v) is 2.64. The van der Waals surface area contributed by atoms with Gasteiger partial charge in [-0.05, 0) is 24.3 Å². The number of rotatable bonds is 4. The minimum absolute atomic E-state index is 0.0782. The molecule has 1 fully saturated rings. The van der Waals surface area contributed by atoms with Crippen LogP contribution in [0.1, 0.15) is 30.7 Å². The summed E-state index contributed by atoms with van der Waals surface area (Å²) in [5, 5.41) is 10.6. The predicted molar refractivity (Wildman–Crippen MR) is 78.3 cm³/mol. The SMILES string of the molecule is COC(=O)CC(=O)N1CCC(c2ccc([N+](=O)[O-])cc2)CC1. The lowest BCUT2D eigenvalue weighted by molar-refractivity contribution is -0.384. The molecule has 0 unspecified atom stereocenters. The van der Waals surface area contributed by atoms with Gasteiger partial charge in [0.05, 0.1) is 12.0 Å². The van der Waals surface area contributed by atoms with Crippen molar-refractivity contribution in [3.8, 4) is 0 Å². The number of hydrogen-bond acceptors (Lipinski definition) is 5. The van der Waals surface area contributed by atoms with E-state index in [4.69, 9.17) is 0 Å². The Morgan fingerprint density at radius 1 is 1.27 bits per heavy atom. The Balaban J connectivity index is 1.90. The van der Waals surface area contributed by atoms with Crippen molar-refractivity contribution in [2.45, 2.75) is 25.2 Å². The Hall–Kier alpha value is -2.44. The highest BCUT2D eigenvalue weighted by Crippen LogP contribution is 2.29. The average molecular weight is 306 g/mol. The Kier molecular flexibility index (Phi) is 5.08. The summed E-state index contributed by atoms with van der Waals surface area (Å²) in [6, 6.07) is 6.55. The number of likely N-dealkylation sites (tertiary alicyclic amines) is 1. The second-order valence-corrected chi connectivity index (χ2v) is 5.26. The van der Waals surface area contributed by atoms with Gasteiger partial charge in [0.25, 0.3) is 5.69 Å². The number of carbonyl (C=O) groups is 2. The lowest BCUT2D eigenvalue weighted by Crippen LogP contribution is -2.38. The average Bonchev–Trinajstić information content (AvgIpc) is 2.55. The summed E-state index contributed by atoms with van der Waals surface area (Å²) in [7, 11) is 1.26. The van der Waals surface area contributed by atoms with Gasteiger partial charge >= 0.3 is 5.97 Å². The summed E-state index contributed by atoms with van der Waals surface area (Å²) in [6.07, 6.45) is 1.34. The molecule has 1 aromatic carbocycles. The standard InChI is InChI=1S/C15H18N2O5/c1-22-15(19)10-14(18)16-8-6-12(7-9-16)11-2-4-13(5-3-11)17(20)21/h2-5,12H,6-10H2,1H3. The van der Waals surface area contributed by atoms with E-state index in [1.807, 2.05) is 0 Å². The van der Waals surface area contributed by atoms with Crippen molar-refractivity contribution in [2.75, 3.05) is 20.2 Å². The highest BCUT2D eigenvalue weighted by molar-refractivity contribution is 5.94. The van der Waals surface area contributed by atoms with Crippen molar-refractivity contribution >= 4 is 17.6 Å². The molecule has 7 nitrogen and oxygen atoms in total. The second-order valence-electron chi connectivity index (χ2n) is 5.26. The minimum Gasteiger partial charge on any atom is -0.469 e. The second kappa shape index (κ2) is 7.02. The molecule has 0 aliphatic carbocycles. The molecule has 0 bridgehead atoms. The molecule has 0 spiro atoms. The summed E-state index contributed by atoms with van der Waals surface area (Å²) < 4.78 is 4.49. The van der Waals surface area contributed by atoms with E-state index >= 15 is 0 Å². The van der Waals surface area contributed by atoms with Crippen molar-refractivity contribution in [1.82, 2.24) is 4.90 Å². The number of piperidine rings is 1. The first-order chi connectivity index (χ1) is 10.5. The third-order valence-electron chi connectivity index (χ3n) is 3.95. The molecule has 118 valence electrons. The largest absolute Gasteiger partial charge is 0.469 e. The fourth-order valence-electron chi connectivity index (χ4n) is 2.64. The van der Waals surface area contributed by atoms with Gasteiger partial charge in [0.15, 0.2) is 0 Å². The molecule has 1 aliphatic rings. The summed E-state index contributed by atoms with van der Waals surface area (Å²) in [5.41, 5.74) is 1.13. The Labute approximate surface area is 128 Å². The molecule has 1 heterocycles. The third-order valence-corrected chi connectivity index (χ3v) is 3.95. The first-order valence-corrected chi connectivity index (χ1v) is 7.10. The van der Waals surface area contributed by atoms with E-state index in [0.29, 0.717) is 13.1 Å². The summed E-state index contributed by atoms with van der Waals surface area (Å²) >= 11 is 0. The van der Waals surface area contributed by atoms with Crippen molar-refractivity contribution < 1.29 is 19.2 Å². The van der Waals surface area contributed by atoms with Crippen molar-refractivity contribution in [1.29, 1.82) is 0 Å². The van der Waals surface area contributed by atoms with Crippen LogP contribution in [0.3, 0.4) is 0 Å². The molecule has 1 amide bonds. The maximum atomic E-state index is 11.9. The molecule has 0 aromatic heterocycles. The van der Waals surface area contributed by atoms with Crippen LogP contribution in [0.15, 0.2) is 24.3 Å². The zero-order valence-electron chi connectivity index (χ0n) is 12.4. The van der Waals surface area contributed by atoms with E-state index in [0.717, 1.165) is 18.4 Å². The molecule has 0 atom stereocenters. The van der Waals surface area contributed by atoms with Crippen molar-refractivity contribution in [2.24, 2.45) is 0 Å². The first-order valence-electron chi connectivity index (χ1n) is 7.10. The highest BCUT2D eigenvalue weighted by Gasteiger charge is 2.25. The number of nitro groups is 1. The number of nitro benzene ring substituents is 1. The zero-order valence-corrected chi connectivity index (χ0v) is 12.4. The van der Waals surface area contributed by atoms with E-state index < -0.39 is 10.9 Å². The predicted octanol–water partition coefficient (Wildman–Crippen LogP) is 1.86. The van der Waals surface area contributed by atoms with Crippen LogP contribution in [0.5, 0.6) is 0 Å². The van der Waals surface area contributed by atoms with E-state index in [1.165, 1.54) is 19.2 Å². The van der Waals surface area contributed by atoms with E-state index in [-0.39, 0.29) is 23.9 Å². The number of esters is 1. The number of ether oxygens (including phenoxy) is 1. The van der Waals surface area contributed by atoms with Gasteiger partial charge in [-0.25, -0.2) is 0 Å².